The minimum atomic E-state index is 0.422. The highest BCUT2D eigenvalue weighted by molar-refractivity contribution is 7.28. The van der Waals surface area contributed by atoms with E-state index in [1.165, 1.54) is 93.9 Å². The highest BCUT2D eigenvalue weighted by Crippen LogP contribution is 2.61. The van der Waals surface area contributed by atoms with Crippen LogP contribution in [0.15, 0.2) is 60.7 Å². The molecular formula is C38H30S4. The Morgan fingerprint density at radius 1 is 0.476 bits per heavy atom. The van der Waals surface area contributed by atoms with Crippen molar-refractivity contribution in [1.82, 2.24) is 0 Å². The van der Waals surface area contributed by atoms with Gasteiger partial charge in [-0.05, 0) is 119 Å². The third kappa shape index (κ3) is 3.38. The van der Waals surface area contributed by atoms with Gasteiger partial charge in [-0.2, -0.15) is 0 Å². The lowest BCUT2D eigenvalue weighted by Crippen LogP contribution is -2.01. The number of thiophene rings is 4. The lowest BCUT2D eigenvalue weighted by molar-refractivity contribution is 0.926. The van der Waals surface area contributed by atoms with E-state index < -0.39 is 0 Å². The largest absolute Gasteiger partial charge is 0.134 e. The molecule has 206 valence electrons. The SMILES string of the molecule is Cc1ccc2sc(-c3cc4c(s3)-c3c(C)c5c(c(C)c3C4C)-c3sc(-c4cc6cc(C)ccc6s4)cc3C5C)cc2c1. The molecule has 0 aliphatic heterocycles. The number of fused-ring (bicyclic) bond motifs is 8. The first kappa shape index (κ1) is 25.5. The second-order valence-corrected chi connectivity index (χ2v) is 16.6. The molecule has 0 saturated carbocycles. The predicted octanol–water partition coefficient (Wildman–Crippen LogP) is 13.1. The van der Waals surface area contributed by atoms with Crippen LogP contribution in [0.4, 0.5) is 0 Å². The molecule has 4 heterocycles. The van der Waals surface area contributed by atoms with E-state index in [4.69, 9.17) is 0 Å². The van der Waals surface area contributed by atoms with Crippen molar-refractivity contribution in [2.45, 2.75) is 53.4 Å². The molecule has 0 radical (unpaired) electrons. The summed E-state index contributed by atoms with van der Waals surface area (Å²) in [4.78, 5) is 8.66. The maximum Gasteiger partial charge on any atom is 0.0455 e. The summed E-state index contributed by atoms with van der Waals surface area (Å²) < 4.78 is 2.76. The Morgan fingerprint density at radius 3 is 1.31 bits per heavy atom. The number of rotatable bonds is 2. The molecule has 2 atom stereocenters. The van der Waals surface area contributed by atoms with E-state index in [2.05, 4.69) is 102 Å². The maximum atomic E-state index is 2.51. The van der Waals surface area contributed by atoms with Crippen molar-refractivity contribution < 1.29 is 0 Å². The summed E-state index contributed by atoms with van der Waals surface area (Å²) in [6.07, 6.45) is 0. The maximum absolute atomic E-state index is 2.51. The molecule has 0 amide bonds. The quantitative estimate of drug-likeness (QED) is 0.182. The summed E-state index contributed by atoms with van der Waals surface area (Å²) in [5.74, 6) is 0.843. The number of benzene rings is 3. The monoisotopic (exact) mass is 614 g/mol. The van der Waals surface area contributed by atoms with E-state index in [1.54, 1.807) is 11.1 Å². The van der Waals surface area contributed by atoms with Gasteiger partial charge in [0.05, 0.1) is 0 Å². The fraction of sp³-hybridized carbons (Fsp3) is 0.211. The molecule has 2 unspecified atom stereocenters. The summed E-state index contributed by atoms with van der Waals surface area (Å²) in [5.41, 5.74) is 14.9. The number of aryl methyl sites for hydroxylation is 2. The predicted molar refractivity (Wildman–Crippen MR) is 189 cm³/mol. The van der Waals surface area contributed by atoms with E-state index in [-0.39, 0.29) is 0 Å². The summed E-state index contributed by atoms with van der Waals surface area (Å²) in [6, 6.07) is 23.5. The first-order chi connectivity index (χ1) is 20.3. The first-order valence-corrected chi connectivity index (χ1v) is 18.0. The van der Waals surface area contributed by atoms with Crippen LogP contribution in [-0.4, -0.2) is 0 Å². The lowest BCUT2D eigenvalue weighted by atomic mass is 9.85. The molecule has 4 heteroatoms. The van der Waals surface area contributed by atoms with E-state index in [0.29, 0.717) is 11.8 Å². The molecular weight excluding hydrogens is 585 g/mol. The van der Waals surface area contributed by atoms with Crippen LogP contribution in [0.3, 0.4) is 0 Å². The molecule has 0 fully saturated rings. The molecule has 2 aliphatic rings. The Labute approximate surface area is 262 Å². The van der Waals surface area contributed by atoms with E-state index in [9.17, 15) is 0 Å². The number of hydrogen-bond donors (Lipinski definition) is 0. The van der Waals surface area contributed by atoms with Gasteiger partial charge in [-0.25, -0.2) is 0 Å². The van der Waals surface area contributed by atoms with Crippen molar-refractivity contribution >= 4 is 65.5 Å². The summed E-state index contributed by atoms with van der Waals surface area (Å²) >= 11 is 7.89. The van der Waals surface area contributed by atoms with Crippen molar-refractivity contribution in [2.75, 3.05) is 0 Å². The molecule has 0 nitrogen and oxygen atoms in total. The minimum Gasteiger partial charge on any atom is -0.134 e. The average Bonchev–Trinajstić information content (AvgIpc) is 3.78. The Balaban J connectivity index is 1.17. The van der Waals surface area contributed by atoms with Gasteiger partial charge < -0.3 is 0 Å². The normalized spacial score (nSPS) is 16.8. The first-order valence-electron chi connectivity index (χ1n) is 14.7. The fourth-order valence-electron chi connectivity index (χ4n) is 7.68. The van der Waals surface area contributed by atoms with Gasteiger partial charge in [-0.15, -0.1) is 45.3 Å². The number of hydrogen-bond acceptors (Lipinski definition) is 4. The Kier molecular flexibility index (Phi) is 5.32. The van der Waals surface area contributed by atoms with Crippen LogP contribution in [0, 0.1) is 27.7 Å². The lowest BCUT2D eigenvalue weighted by Gasteiger charge is -2.20. The van der Waals surface area contributed by atoms with E-state index in [0.717, 1.165) is 0 Å². The molecule has 0 spiro atoms. The van der Waals surface area contributed by atoms with Gasteiger partial charge in [0, 0.05) is 50.5 Å². The molecule has 0 saturated heterocycles. The Hall–Kier alpha value is -3.02. The molecule has 4 aromatic heterocycles. The third-order valence-electron chi connectivity index (χ3n) is 9.70. The van der Waals surface area contributed by atoms with Gasteiger partial charge in [0.2, 0.25) is 0 Å². The molecule has 7 aromatic rings. The van der Waals surface area contributed by atoms with E-state index in [1.807, 2.05) is 45.3 Å². The highest BCUT2D eigenvalue weighted by atomic mass is 32.1. The highest BCUT2D eigenvalue weighted by Gasteiger charge is 2.39. The molecule has 0 N–H and O–H groups in total. The fourth-order valence-corrected chi connectivity index (χ4v) is 12.7. The van der Waals surface area contributed by atoms with Crippen molar-refractivity contribution in [2.24, 2.45) is 0 Å². The smallest absolute Gasteiger partial charge is 0.0455 e. The molecule has 2 aliphatic carbocycles. The van der Waals surface area contributed by atoms with Gasteiger partial charge in [0.1, 0.15) is 0 Å². The van der Waals surface area contributed by atoms with Crippen molar-refractivity contribution in [3.8, 4) is 40.4 Å². The summed E-state index contributed by atoms with van der Waals surface area (Å²) in [6.45, 7) is 14.1. The van der Waals surface area contributed by atoms with Gasteiger partial charge in [0.15, 0.2) is 0 Å². The standard InChI is InChI=1S/C38H30S4/c1-17-7-9-27-23(11-17)13-29(39-27)31-15-25-19(3)33-22(6)36-34(21(5)35(33)37(25)41-31)20(4)26-16-32(42-38(26)36)30-14-24-12-18(2)8-10-28(24)40-30/h7-16,19-20H,1-6H3. The topological polar surface area (TPSA) is 0 Å². The molecule has 42 heavy (non-hydrogen) atoms. The van der Waals surface area contributed by atoms with E-state index >= 15 is 0 Å². The summed E-state index contributed by atoms with van der Waals surface area (Å²) in [7, 11) is 0. The van der Waals surface area contributed by atoms with Crippen molar-refractivity contribution in [3.05, 3.63) is 105 Å². The Morgan fingerprint density at radius 2 is 0.881 bits per heavy atom. The van der Waals surface area contributed by atoms with Crippen LogP contribution in [0.2, 0.25) is 0 Å². The van der Waals surface area contributed by atoms with Crippen LogP contribution in [0.1, 0.15) is 70.2 Å². The van der Waals surface area contributed by atoms with Crippen LogP contribution in [0.25, 0.3) is 60.6 Å². The van der Waals surface area contributed by atoms with Gasteiger partial charge >= 0.3 is 0 Å². The van der Waals surface area contributed by atoms with Gasteiger partial charge in [0.25, 0.3) is 0 Å². The van der Waals surface area contributed by atoms with Crippen LogP contribution < -0.4 is 0 Å². The van der Waals surface area contributed by atoms with Crippen LogP contribution in [-0.2, 0) is 0 Å². The Bertz CT molecular complexity index is 2120. The average molecular weight is 615 g/mol. The van der Waals surface area contributed by atoms with Crippen molar-refractivity contribution in [3.63, 3.8) is 0 Å². The van der Waals surface area contributed by atoms with Gasteiger partial charge in [-0.1, -0.05) is 49.2 Å². The molecule has 9 rings (SSSR count). The second kappa shape index (κ2) is 8.76. The van der Waals surface area contributed by atoms with Crippen LogP contribution >= 0.6 is 45.3 Å². The third-order valence-corrected chi connectivity index (χ3v) is 14.7. The van der Waals surface area contributed by atoms with Crippen LogP contribution in [0.5, 0.6) is 0 Å². The zero-order valence-electron chi connectivity index (χ0n) is 24.6. The summed E-state index contributed by atoms with van der Waals surface area (Å²) in [5, 5.41) is 2.74. The van der Waals surface area contributed by atoms with Crippen molar-refractivity contribution in [1.29, 1.82) is 0 Å². The minimum absolute atomic E-state index is 0.422. The molecule has 3 aromatic carbocycles. The zero-order valence-corrected chi connectivity index (χ0v) is 27.8. The molecule has 0 bridgehead atoms. The van der Waals surface area contributed by atoms with Gasteiger partial charge in [-0.3, -0.25) is 0 Å². The zero-order chi connectivity index (χ0) is 28.6. The second-order valence-electron chi connectivity index (χ2n) is 12.4.